The van der Waals surface area contributed by atoms with Gasteiger partial charge >= 0.3 is 0 Å². The summed E-state index contributed by atoms with van der Waals surface area (Å²) in [4.78, 5) is 0. The first-order valence-corrected chi connectivity index (χ1v) is 8.22. The Balaban J connectivity index is 2.13. The second kappa shape index (κ2) is 5.27. The van der Waals surface area contributed by atoms with Gasteiger partial charge in [-0.15, -0.1) is 0 Å². The maximum atomic E-state index is 10.3. The highest BCUT2D eigenvalue weighted by molar-refractivity contribution is 5.35. The lowest BCUT2D eigenvalue weighted by atomic mass is 9.91. The van der Waals surface area contributed by atoms with Gasteiger partial charge in [0.15, 0.2) is 5.82 Å². The Hall–Kier alpha value is -1.55. The highest BCUT2D eigenvalue weighted by atomic mass is 16.3. The van der Waals surface area contributed by atoms with Crippen LogP contribution in [0.1, 0.15) is 63.2 Å². The van der Waals surface area contributed by atoms with E-state index >= 15 is 0 Å². The molecule has 0 spiro atoms. The van der Waals surface area contributed by atoms with Gasteiger partial charge in [-0.1, -0.05) is 20.8 Å². The number of nitrogens with zero attached hydrogens (tertiary/aromatic N) is 3. The summed E-state index contributed by atoms with van der Waals surface area (Å²) >= 11 is 0. The highest BCUT2D eigenvalue weighted by Crippen LogP contribution is 2.35. The smallest absolute Gasteiger partial charge is 0.159 e. The van der Waals surface area contributed by atoms with Crippen molar-refractivity contribution in [2.24, 2.45) is 0 Å². The first-order chi connectivity index (χ1) is 10.3. The minimum atomic E-state index is -0.277. The van der Waals surface area contributed by atoms with Crippen molar-refractivity contribution in [3.63, 3.8) is 0 Å². The fraction of sp³-hybridized carbons (Fsp3) is 0.611. The van der Waals surface area contributed by atoms with Crippen LogP contribution in [0, 0.1) is 13.8 Å². The Morgan fingerprint density at radius 2 is 1.77 bits per heavy atom. The van der Waals surface area contributed by atoms with E-state index in [0.717, 1.165) is 25.1 Å². The van der Waals surface area contributed by atoms with E-state index in [0.29, 0.717) is 0 Å². The summed E-state index contributed by atoms with van der Waals surface area (Å²) in [7, 11) is 0. The van der Waals surface area contributed by atoms with E-state index in [-0.39, 0.29) is 17.6 Å². The summed E-state index contributed by atoms with van der Waals surface area (Å²) in [5.41, 5.74) is 3.58. The molecule has 1 N–H and O–H groups in total. The summed E-state index contributed by atoms with van der Waals surface area (Å²) < 4.78 is 4.28. The average molecular weight is 301 g/mol. The van der Waals surface area contributed by atoms with Crippen LogP contribution in [-0.2, 0) is 5.41 Å². The maximum Gasteiger partial charge on any atom is 0.159 e. The third kappa shape index (κ3) is 2.50. The molecule has 4 nitrogen and oxygen atoms in total. The number of aromatic nitrogens is 3. The molecule has 0 bridgehead atoms. The Morgan fingerprint density at radius 1 is 1.14 bits per heavy atom. The number of aliphatic hydroxyl groups excluding tert-OH is 1. The van der Waals surface area contributed by atoms with Gasteiger partial charge in [-0.05, 0) is 45.2 Å². The van der Waals surface area contributed by atoms with E-state index in [4.69, 9.17) is 5.10 Å². The first kappa shape index (κ1) is 15.3. The molecular formula is C18H27N3O. The van der Waals surface area contributed by atoms with Gasteiger partial charge in [0.1, 0.15) is 0 Å². The summed E-state index contributed by atoms with van der Waals surface area (Å²) in [6.45, 7) is 10.8. The normalized spacial score (nSPS) is 22.5. The molecule has 0 unspecified atom stereocenters. The van der Waals surface area contributed by atoms with Gasteiger partial charge in [0.2, 0.25) is 0 Å². The van der Waals surface area contributed by atoms with E-state index in [2.05, 4.69) is 62.1 Å². The largest absolute Gasteiger partial charge is 0.391 e. The molecule has 0 aromatic carbocycles. The quantitative estimate of drug-likeness (QED) is 0.919. The van der Waals surface area contributed by atoms with Gasteiger partial charge in [0, 0.05) is 28.6 Å². The lowest BCUT2D eigenvalue weighted by molar-refractivity contribution is 0.127. The third-order valence-electron chi connectivity index (χ3n) is 4.75. The zero-order chi connectivity index (χ0) is 16.1. The summed E-state index contributed by atoms with van der Waals surface area (Å²) in [6, 6.07) is 6.54. The van der Waals surface area contributed by atoms with Crippen molar-refractivity contribution in [1.29, 1.82) is 0 Å². The standard InChI is InChI=1S/C18H27N3O/c1-12-9-10-13(2)20(12)17-11-16(18(3,4)5)21(19-17)14-7-6-8-15(14)22/h9-11,14-15,22H,6-8H2,1-5H3/t14-,15+/m0/s1. The topological polar surface area (TPSA) is 43.0 Å². The molecule has 2 aromatic heterocycles. The van der Waals surface area contributed by atoms with Crippen LogP contribution < -0.4 is 0 Å². The highest BCUT2D eigenvalue weighted by Gasteiger charge is 2.32. The predicted octanol–water partition coefficient (Wildman–Crippen LogP) is 3.67. The molecule has 0 aliphatic heterocycles. The molecule has 2 heterocycles. The second-order valence-electron chi connectivity index (χ2n) is 7.60. The van der Waals surface area contributed by atoms with Crippen LogP contribution in [0.25, 0.3) is 5.82 Å². The van der Waals surface area contributed by atoms with Crippen LogP contribution in [0.5, 0.6) is 0 Å². The van der Waals surface area contributed by atoms with Crippen molar-refractivity contribution in [1.82, 2.24) is 14.3 Å². The zero-order valence-electron chi connectivity index (χ0n) is 14.3. The zero-order valence-corrected chi connectivity index (χ0v) is 14.3. The van der Waals surface area contributed by atoms with Gasteiger partial charge in [0.25, 0.3) is 0 Å². The van der Waals surface area contributed by atoms with Gasteiger partial charge in [-0.25, -0.2) is 0 Å². The number of rotatable bonds is 2. The van der Waals surface area contributed by atoms with Crippen molar-refractivity contribution in [2.45, 2.75) is 71.4 Å². The van der Waals surface area contributed by atoms with Gasteiger partial charge < -0.3 is 9.67 Å². The molecular weight excluding hydrogens is 274 g/mol. The van der Waals surface area contributed by atoms with Crippen LogP contribution in [0.2, 0.25) is 0 Å². The maximum absolute atomic E-state index is 10.3. The van der Waals surface area contributed by atoms with E-state index in [1.54, 1.807) is 0 Å². The molecule has 0 amide bonds. The Labute approximate surface area is 132 Å². The molecule has 1 saturated carbocycles. The molecule has 22 heavy (non-hydrogen) atoms. The van der Waals surface area contributed by atoms with Crippen molar-refractivity contribution in [3.05, 3.63) is 35.3 Å². The monoisotopic (exact) mass is 301 g/mol. The van der Waals surface area contributed by atoms with Crippen molar-refractivity contribution >= 4 is 0 Å². The fourth-order valence-electron chi connectivity index (χ4n) is 3.54. The van der Waals surface area contributed by atoms with E-state index < -0.39 is 0 Å². The van der Waals surface area contributed by atoms with Crippen molar-refractivity contribution in [2.75, 3.05) is 0 Å². The molecule has 0 radical (unpaired) electrons. The lowest BCUT2D eigenvalue weighted by Gasteiger charge is -2.25. The number of hydrogen-bond acceptors (Lipinski definition) is 2. The second-order valence-corrected chi connectivity index (χ2v) is 7.60. The van der Waals surface area contributed by atoms with Crippen LogP contribution in [0.15, 0.2) is 18.2 Å². The third-order valence-corrected chi connectivity index (χ3v) is 4.75. The van der Waals surface area contributed by atoms with Crippen LogP contribution >= 0.6 is 0 Å². The number of hydrogen-bond donors (Lipinski definition) is 1. The molecule has 2 atom stereocenters. The molecule has 3 rings (SSSR count). The fourth-order valence-corrected chi connectivity index (χ4v) is 3.54. The molecule has 1 aliphatic rings. The van der Waals surface area contributed by atoms with Gasteiger partial charge in [0.05, 0.1) is 12.1 Å². The summed E-state index contributed by atoms with van der Waals surface area (Å²) in [6.07, 6.45) is 2.69. The lowest BCUT2D eigenvalue weighted by Crippen LogP contribution is -2.26. The first-order valence-electron chi connectivity index (χ1n) is 8.22. The molecule has 1 aliphatic carbocycles. The number of aryl methyl sites for hydroxylation is 2. The Bertz CT molecular complexity index is 656. The average Bonchev–Trinajstić information content (AvgIpc) is 3.08. The van der Waals surface area contributed by atoms with Crippen LogP contribution in [0.4, 0.5) is 0 Å². The van der Waals surface area contributed by atoms with Gasteiger partial charge in [-0.2, -0.15) is 5.10 Å². The Kier molecular flexibility index (Phi) is 3.68. The minimum absolute atomic E-state index is 0.00250. The summed E-state index contributed by atoms with van der Waals surface area (Å²) in [5, 5.41) is 15.2. The number of aliphatic hydroxyl groups is 1. The van der Waals surface area contributed by atoms with Crippen molar-refractivity contribution in [3.8, 4) is 5.82 Å². The molecule has 1 fully saturated rings. The van der Waals surface area contributed by atoms with E-state index in [1.807, 2.05) is 0 Å². The SMILES string of the molecule is Cc1ccc(C)n1-c1cc(C(C)(C)C)n([C@H]2CCC[C@H]2O)n1. The van der Waals surface area contributed by atoms with Crippen molar-refractivity contribution < 1.29 is 5.11 Å². The van der Waals surface area contributed by atoms with Crippen LogP contribution in [0.3, 0.4) is 0 Å². The van der Waals surface area contributed by atoms with Crippen LogP contribution in [-0.4, -0.2) is 25.6 Å². The minimum Gasteiger partial charge on any atom is -0.391 e. The Morgan fingerprint density at radius 3 is 2.27 bits per heavy atom. The molecule has 4 heteroatoms. The molecule has 0 saturated heterocycles. The van der Waals surface area contributed by atoms with Gasteiger partial charge in [-0.3, -0.25) is 4.68 Å². The predicted molar refractivity (Wildman–Crippen MR) is 88.6 cm³/mol. The van der Waals surface area contributed by atoms with E-state index in [1.165, 1.54) is 17.1 Å². The molecule has 120 valence electrons. The summed E-state index contributed by atoms with van der Waals surface area (Å²) in [5.74, 6) is 0.962. The molecule has 2 aromatic rings. The van der Waals surface area contributed by atoms with E-state index in [9.17, 15) is 5.11 Å².